The molecule has 16 heteroatoms. The molecule has 0 radical (unpaired) electrons. The van der Waals surface area contributed by atoms with Crippen molar-refractivity contribution in [1.82, 2.24) is 20.2 Å². The molecular weight excluding hydrogens is 638 g/mol. The number of aromatic nitrogens is 2. The fraction of sp³-hybridized carbons (Fsp3) is 0.400. The van der Waals surface area contributed by atoms with Crippen molar-refractivity contribution in [2.75, 3.05) is 49.2 Å². The second-order valence-corrected chi connectivity index (χ2v) is 12.5. The van der Waals surface area contributed by atoms with E-state index in [0.717, 1.165) is 21.9 Å². The number of nitrogens with two attached hydrogens (primary N) is 1. The van der Waals surface area contributed by atoms with Crippen LogP contribution in [0.4, 0.5) is 16.2 Å². The van der Waals surface area contributed by atoms with Crippen LogP contribution in [0.25, 0.3) is 0 Å². The number of H-pyrrole nitrogens is 1. The summed E-state index contributed by atoms with van der Waals surface area (Å²) in [6.07, 6.45) is 3.16. The third kappa shape index (κ3) is 8.28. The number of imidazole rings is 1. The largest absolute Gasteiger partial charge is 0.442 e. The summed E-state index contributed by atoms with van der Waals surface area (Å²) in [4.78, 5) is 75.0. The maximum Gasteiger partial charge on any atom is 0.414 e. The van der Waals surface area contributed by atoms with E-state index in [0.29, 0.717) is 54.7 Å². The number of hydrogen-bond acceptors (Lipinski definition) is 10. The molecule has 4 heterocycles. The number of carbonyl (C=O) groups excluding carboxylic acids is 5. The van der Waals surface area contributed by atoms with E-state index in [2.05, 4.69) is 15.3 Å². The van der Waals surface area contributed by atoms with Gasteiger partial charge in [0.2, 0.25) is 11.8 Å². The molecule has 14 nitrogen and oxygen atoms in total. The Morgan fingerprint density at radius 2 is 1.89 bits per heavy atom. The molecule has 3 aromatic rings. The number of carbonyl (C=O) groups is 5. The molecule has 5 rings (SSSR count). The smallest absolute Gasteiger partial charge is 0.414 e. The fourth-order valence-electron chi connectivity index (χ4n) is 5.20. The van der Waals surface area contributed by atoms with Crippen LogP contribution in [0.5, 0.6) is 0 Å². The summed E-state index contributed by atoms with van der Waals surface area (Å²) in [5.41, 5.74) is 7.54. The van der Waals surface area contributed by atoms with Crippen molar-refractivity contribution in [1.29, 1.82) is 0 Å². The van der Waals surface area contributed by atoms with Crippen molar-refractivity contribution in [2.45, 2.75) is 37.8 Å². The molecule has 2 saturated heterocycles. The molecule has 1 aromatic carbocycles. The number of imide groups is 1. The van der Waals surface area contributed by atoms with Gasteiger partial charge in [-0.05, 0) is 55.8 Å². The van der Waals surface area contributed by atoms with Crippen LogP contribution in [0.1, 0.15) is 34.6 Å². The first-order valence-electron chi connectivity index (χ1n) is 14.8. The van der Waals surface area contributed by atoms with Crippen molar-refractivity contribution in [3.8, 4) is 0 Å². The average Bonchev–Trinajstić information content (AvgIpc) is 3.81. The van der Waals surface area contributed by atoms with Crippen LogP contribution in [0.15, 0.2) is 48.9 Å². The molecule has 0 spiro atoms. The molecule has 0 unspecified atom stereocenters. The van der Waals surface area contributed by atoms with E-state index < -0.39 is 36.0 Å². The Morgan fingerprint density at radius 3 is 2.54 bits per heavy atom. The van der Waals surface area contributed by atoms with Crippen molar-refractivity contribution in [3.05, 3.63) is 63.8 Å². The van der Waals surface area contributed by atoms with E-state index in [1.165, 1.54) is 11.2 Å². The zero-order valence-electron chi connectivity index (χ0n) is 24.9. The fourth-order valence-corrected chi connectivity index (χ4v) is 6.19. The average molecular weight is 672 g/mol. The number of rotatable bonds is 14. The predicted molar refractivity (Wildman–Crippen MR) is 170 cm³/mol. The number of benzene rings is 1. The Morgan fingerprint density at radius 1 is 1.13 bits per heavy atom. The minimum atomic E-state index is -0.767. The number of amides is 5. The van der Waals surface area contributed by atoms with Crippen LogP contribution in [-0.4, -0.2) is 96.1 Å². The van der Waals surface area contributed by atoms with Gasteiger partial charge in [-0.15, -0.1) is 11.3 Å². The zero-order valence-corrected chi connectivity index (χ0v) is 26.4. The second-order valence-electron chi connectivity index (χ2n) is 10.8. The minimum absolute atomic E-state index is 0.0207. The van der Waals surface area contributed by atoms with Gasteiger partial charge in [-0.25, -0.2) is 9.78 Å². The van der Waals surface area contributed by atoms with E-state index in [1.54, 1.807) is 47.5 Å². The highest BCUT2D eigenvalue weighted by molar-refractivity contribution is 7.18. The molecule has 4 N–H and O–H groups in total. The summed E-state index contributed by atoms with van der Waals surface area (Å²) in [6.45, 7) is 1.31. The van der Waals surface area contributed by atoms with Gasteiger partial charge < -0.3 is 30.4 Å². The lowest BCUT2D eigenvalue weighted by Crippen LogP contribution is -2.44. The van der Waals surface area contributed by atoms with Crippen LogP contribution >= 0.6 is 22.9 Å². The number of nitrogens with one attached hydrogen (secondary N) is 2. The molecule has 2 aliphatic rings. The quantitative estimate of drug-likeness (QED) is 0.217. The first-order chi connectivity index (χ1) is 22.2. The topological polar surface area (TPSA) is 180 Å². The molecule has 2 aliphatic heterocycles. The van der Waals surface area contributed by atoms with Crippen LogP contribution in [0.2, 0.25) is 4.34 Å². The van der Waals surface area contributed by atoms with Gasteiger partial charge in [0.15, 0.2) is 0 Å². The minimum Gasteiger partial charge on any atom is -0.442 e. The normalized spacial score (nSPS) is 17.2. The summed E-state index contributed by atoms with van der Waals surface area (Å²) in [5.74, 6) is -1.59. The van der Waals surface area contributed by atoms with E-state index in [9.17, 15) is 24.0 Å². The number of hydrogen-bond donors (Lipinski definition) is 3. The third-order valence-electron chi connectivity index (χ3n) is 7.58. The lowest BCUT2D eigenvalue weighted by molar-refractivity contribution is -0.129. The van der Waals surface area contributed by atoms with E-state index in [-0.39, 0.29) is 36.9 Å². The zero-order chi connectivity index (χ0) is 32.6. The predicted octanol–water partition coefficient (Wildman–Crippen LogP) is 2.34. The van der Waals surface area contributed by atoms with Gasteiger partial charge in [-0.3, -0.25) is 29.0 Å². The number of morpholine rings is 1. The van der Waals surface area contributed by atoms with Crippen molar-refractivity contribution in [3.63, 3.8) is 0 Å². The Bertz CT molecular complexity index is 1550. The highest BCUT2D eigenvalue weighted by Crippen LogP contribution is 2.27. The monoisotopic (exact) mass is 671 g/mol. The van der Waals surface area contributed by atoms with Crippen LogP contribution in [-0.2, 0) is 30.3 Å². The number of primary amides is 1. The summed E-state index contributed by atoms with van der Waals surface area (Å²) >= 11 is 7.12. The van der Waals surface area contributed by atoms with Crippen LogP contribution in [0, 0.1) is 0 Å². The number of anilines is 2. The molecule has 2 fully saturated rings. The summed E-state index contributed by atoms with van der Waals surface area (Å²) in [6, 6.07) is 9.46. The maximum absolute atomic E-state index is 13.4. The molecule has 2 aromatic heterocycles. The Balaban J connectivity index is 1.18. The number of ether oxygens (including phenoxy) is 2. The van der Waals surface area contributed by atoms with E-state index >= 15 is 0 Å². The number of thiophene rings is 1. The lowest BCUT2D eigenvalue weighted by atomic mass is 10.1. The highest BCUT2D eigenvalue weighted by atomic mass is 35.5. The van der Waals surface area contributed by atoms with Crippen LogP contribution in [0.3, 0.4) is 0 Å². The van der Waals surface area contributed by atoms with E-state index in [4.69, 9.17) is 26.8 Å². The van der Waals surface area contributed by atoms with Crippen molar-refractivity contribution < 1.29 is 33.4 Å². The van der Waals surface area contributed by atoms with Gasteiger partial charge in [0, 0.05) is 42.7 Å². The van der Waals surface area contributed by atoms with Crippen molar-refractivity contribution >= 4 is 64.0 Å². The Labute approximate surface area is 273 Å². The SMILES string of the molecule is NC(=O)[C@H](Cc1cnc[nH]1)NCCCCC(=O)N(C[C@H]1CN(c2ccc(N3CCOCC3=O)cc2)C(=O)O1)C(=O)c1ccc(Cl)s1. The van der Waals surface area contributed by atoms with Gasteiger partial charge in [-0.2, -0.15) is 0 Å². The molecule has 5 amide bonds. The Kier molecular flexibility index (Phi) is 11.0. The maximum atomic E-state index is 13.4. The van der Waals surface area contributed by atoms with Crippen LogP contribution < -0.4 is 20.9 Å². The van der Waals surface area contributed by atoms with E-state index in [1.807, 2.05) is 0 Å². The summed E-state index contributed by atoms with van der Waals surface area (Å²) in [5, 5.41) is 3.10. The first kappa shape index (κ1) is 33.1. The van der Waals surface area contributed by atoms with Gasteiger partial charge >= 0.3 is 6.09 Å². The molecule has 0 bridgehead atoms. The first-order valence-corrected chi connectivity index (χ1v) is 16.0. The summed E-state index contributed by atoms with van der Waals surface area (Å²) < 4.78 is 11.2. The Hall–Kier alpha value is -4.31. The number of cyclic esters (lactones) is 1. The standard InChI is InChI=1S/C30H34ClN7O7S/c31-25-9-8-24(46-25)29(42)38(26(39)3-1-2-10-34-23(28(32)41)13-19-14-33-18-35-19)16-22-15-37(30(43)45-22)21-6-4-20(5-7-21)36-11-12-44-17-27(36)40/h4-9,14,18,22-23,34H,1-3,10-13,15-17H2,(H2,32,41)(H,33,35)/t22-,23+/m1/s1. The molecule has 46 heavy (non-hydrogen) atoms. The molecule has 0 saturated carbocycles. The van der Waals surface area contributed by atoms with Gasteiger partial charge in [-0.1, -0.05) is 11.6 Å². The van der Waals surface area contributed by atoms with Gasteiger partial charge in [0.1, 0.15) is 12.7 Å². The molecular formula is C30H34ClN7O7S. The molecule has 244 valence electrons. The molecule has 0 aliphatic carbocycles. The molecule has 2 atom stereocenters. The van der Waals surface area contributed by atoms with Gasteiger partial charge in [0.25, 0.3) is 11.8 Å². The summed E-state index contributed by atoms with van der Waals surface area (Å²) in [7, 11) is 0. The number of aromatic amines is 1. The third-order valence-corrected chi connectivity index (χ3v) is 8.80. The second kappa shape index (κ2) is 15.3. The van der Waals surface area contributed by atoms with Crippen molar-refractivity contribution in [2.24, 2.45) is 5.73 Å². The van der Waals surface area contributed by atoms with Gasteiger partial charge in [0.05, 0.1) is 41.3 Å². The lowest BCUT2D eigenvalue weighted by Gasteiger charge is -2.27. The number of halogens is 1. The number of unbranched alkanes of at least 4 members (excludes halogenated alkanes) is 1. The highest BCUT2D eigenvalue weighted by Gasteiger charge is 2.36. The number of nitrogens with zero attached hydrogens (tertiary/aromatic N) is 4.